The van der Waals surface area contributed by atoms with E-state index >= 15 is 0 Å². The lowest BCUT2D eigenvalue weighted by Gasteiger charge is -2.28. The minimum absolute atomic E-state index is 0.258. The van der Waals surface area contributed by atoms with Crippen molar-refractivity contribution < 1.29 is 0 Å². The standard InChI is InChI=1S/C16H18Cl2N2O2/c1-4-16(2,3)20-13-12(14(21)15(13)22)19-8-9-6-5-7-10(17)11(9)18/h5-7,19-20H,4,8H2,1-3H3. The molecule has 118 valence electrons. The Morgan fingerprint density at radius 2 is 1.73 bits per heavy atom. The van der Waals surface area contributed by atoms with Crippen molar-refractivity contribution in [2.24, 2.45) is 0 Å². The van der Waals surface area contributed by atoms with Gasteiger partial charge in [-0.3, -0.25) is 9.59 Å². The smallest absolute Gasteiger partial charge is 0.253 e. The number of hydrogen-bond donors (Lipinski definition) is 2. The van der Waals surface area contributed by atoms with Gasteiger partial charge in [0.2, 0.25) is 0 Å². The maximum Gasteiger partial charge on any atom is 0.253 e. The highest BCUT2D eigenvalue weighted by atomic mass is 35.5. The normalized spacial score (nSPS) is 11.7. The summed E-state index contributed by atoms with van der Waals surface area (Å²) in [5.41, 5.74) is 0.168. The molecule has 0 heterocycles. The quantitative estimate of drug-likeness (QED) is 0.785. The van der Waals surface area contributed by atoms with Crippen LogP contribution in [0.3, 0.4) is 0 Å². The summed E-state index contributed by atoms with van der Waals surface area (Å²) in [6.45, 7) is 6.28. The molecule has 2 aromatic carbocycles. The van der Waals surface area contributed by atoms with Crippen LogP contribution in [-0.2, 0) is 6.54 Å². The summed E-state index contributed by atoms with van der Waals surface area (Å²) in [6, 6.07) is 5.30. The van der Waals surface area contributed by atoms with Gasteiger partial charge >= 0.3 is 0 Å². The number of hydrogen-bond acceptors (Lipinski definition) is 4. The predicted molar refractivity (Wildman–Crippen MR) is 93.1 cm³/mol. The minimum Gasteiger partial charge on any atom is -0.376 e. The Kier molecular flexibility index (Phi) is 4.83. The summed E-state index contributed by atoms with van der Waals surface area (Å²) in [7, 11) is 0. The van der Waals surface area contributed by atoms with Crippen LogP contribution in [-0.4, -0.2) is 5.54 Å². The molecule has 0 unspecified atom stereocenters. The van der Waals surface area contributed by atoms with E-state index in [-0.39, 0.29) is 5.54 Å². The number of halogens is 2. The van der Waals surface area contributed by atoms with Gasteiger partial charge in [-0.1, -0.05) is 42.3 Å². The van der Waals surface area contributed by atoms with Crippen LogP contribution in [0.5, 0.6) is 0 Å². The van der Waals surface area contributed by atoms with Crippen LogP contribution in [0.15, 0.2) is 27.8 Å². The van der Waals surface area contributed by atoms with Crippen molar-refractivity contribution in [1.29, 1.82) is 0 Å². The second-order valence-electron chi connectivity index (χ2n) is 5.84. The van der Waals surface area contributed by atoms with E-state index in [9.17, 15) is 9.59 Å². The van der Waals surface area contributed by atoms with Crippen molar-refractivity contribution in [1.82, 2.24) is 0 Å². The molecule has 0 saturated carbocycles. The molecule has 0 aliphatic heterocycles. The first kappa shape index (κ1) is 16.8. The van der Waals surface area contributed by atoms with Crippen molar-refractivity contribution in [3.63, 3.8) is 0 Å². The third-order valence-electron chi connectivity index (χ3n) is 3.74. The predicted octanol–water partition coefficient (Wildman–Crippen LogP) is 3.80. The maximum absolute atomic E-state index is 11.8. The summed E-state index contributed by atoms with van der Waals surface area (Å²) in [5.74, 6) is 0. The molecular weight excluding hydrogens is 323 g/mol. The molecule has 0 spiro atoms. The number of benzene rings is 1. The monoisotopic (exact) mass is 340 g/mol. The van der Waals surface area contributed by atoms with Gasteiger partial charge in [-0.15, -0.1) is 0 Å². The molecule has 4 nitrogen and oxygen atoms in total. The molecule has 0 bridgehead atoms. The summed E-state index contributed by atoms with van der Waals surface area (Å²) in [5, 5.41) is 7.01. The molecule has 0 atom stereocenters. The van der Waals surface area contributed by atoms with E-state index in [0.717, 1.165) is 12.0 Å². The lowest BCUT2D eigenvalue weighted by molar-refractivity contribution is 0.546. The van der Waals surface area contributed by atoms with Crippen molar-refractivity contribution in [3.05, 3.63) is 54.3 Å². The van der Waals surface area contributed by atoms with Gasteiger partial charge in [0.25, 0.3) is 10.9 Å². The van der Waals surface area contributed by atoms with E-state index in [2.05, 4.69) is 10.6 Å². The lowest BCUT2D eigenvalue weighted by Crippen LogP contribution is -2.42. The van der Waals surface area contributed by atoms with E-state index < -0.39 is 10.9 Å². The summed E-state index contributed by atoms with van der Waals surface area (Å²) >= 11 is 12.1. The Labute approximate surface area is 139 Å². The van der Waals surface area contributed by atoms with Gasteiger partial charge in [0.15, 0.2) is 0 Å². The van der Waals surface area contributed by atoms with Crippen LogP contribution in [0.25, 0.3) is 0 Å². The van der Waals surface area contributed by atoms with Crippen LogP contribution < -0.4 is 21.5 Å². The van der Waals surface area contributed by atoms with Crippen LogP contribution in [0.4, 0.5) is 11.4 Å². The minimum atomic E-state index is -0.507. The van der Waals surface area contributed by atoms with E-state index in [1.54, 1.807) is 12.1 Å². The third-order valence-corrected chi connectivity index (χ3v) is 4.60. The lowest BCUT2D eigenvalue weighted by atomic mass is 10.00. The van der Waals surface area contributed by atoms with Crippen molar-refractivity contribution in [3.8, 4) is 0 Å². The summed E-state index contributed by atoms with van der Waals surface area (Å²) in [6.07, 6.45) is 0.825. The van der Waals surface area contributed by atoms with Crippen LogP contribution in [0.1, 0.15) is 32.8 Å². The number of rotatable bonds is 6. The fourth-order valence-electron chi connectivity index (χ4n) is 1.97. The second kappa shape index (κ2) is 6.31. The molecule has 0 radical (unpaired) electrons. The van der Waals surface area contributed by atoms with Crippen LogP contribution in [0, 0.1) is 0 Å². The summed E-state index contributed by atoms with van der Waals surface area (Å²) < 4.78 is 0. The highest BCUT2D eigenvalue weighted by molar-refractivity contribution is 6.42. The molecular formula is C16H18Cl2N2O2. The van der Waals surface area contributed by atoms with E-state index in [1.807, 2.05) is 26.8 Å². The molecule has 2 N–H and O–H groups in total. The summed E-state index contributed by atoms with van der Waals surface area (Å²) in [4.78, 5) is 23.5. The highest BCUT2D eigenvalue weighted by Gasteiger charge is 2.25. The largest absolute Gasteiger partial charge is 0.376 e. The SMILES string of the molecule is CCC(C)(C)Nc1c(NCc2cccc(Cl)c2Cl)c(=O)c1=O. The molecule has 2 rings (SSSR count). The Hall–Kier alpha value is -1.52. The molecule has 0 aliphatic rings. The van der Waals surface area contributed by atoms with Crippen LogP contribution >= 0.6 is 23.2 Å². The average molecular weight is 341 g/mol. The van der Waals surface area contributed by atoms with Gasteiger partial charge in [-0.05, 0) is 31.9 Å². The van der Waals surface area contributed by atoms with E-state index in [0.29, 0.717) is 28.0 Å². The molecule has 0 aliphatic carbocycles. The van der Waals surface area contributed by atoms with Gasteiger partial charge in [-0.25, -0.2) is 0 Å². The molecule has 0 amide bonds. The van der Waals surface area contributed by atoms with E-state index in [4.69, 9.17) is 23.2 Å². The molecule has 6 heteroatoms. The third kappa shape index (κ3) is 3.28. The average Bonchev–Trinajstić information content (AvgIpc) is 2.49. The van der Waals surface area contributed by atoms with E-state index in [1.165, 1.54) is 0 Å². The topological polar surface area (TPSA) is 58.2 Å². The van der Waals surface area contributed by atoms with Crippen molar-refractivity contribution in [2.45, 2.75) is 39.3 Å². The van der Waals surface area contributed by atoms with Gasteiger partial charge in [0.05, 0.1) is 10.0 Å². The van der Waals surface area contributed by atoms with Gasteiger partial charge in [-0.2, -0.15) is 0 Å². The Morgan fingerprint density at radius 3 is 2.36 bits per heavy atom. The first-order chi connectivity index (χ1) is 10.3. The van der Waals surface area contributed by atoms with Gasteiger partial charge in [0.1, 0.15) is 11.4 Å². The molecule has 22 heavy (non-hydrogen) atoms. The van der Waals surface area contributed by atoms with Crippen molar-refractivity contribution >= 4 is 34.6 Å². The zero-order valence-corrected chi connectivity index (χ0v) is 14.2. The van der Waals surface area contributed by atoms with Crippen molar-refractivity contribution in [2.75, 3.05) is 10.6 Å². The first-order valence-electron chi connectivity index (χ1n) is 7.05. The number of anilines is 2. The molecule has 0 fully saturated rings. The highest BCUT2D eigenvalue weighted by Crippen LogP contribution is 2.27. The fourth-order valence-corrected chi connectivity index (χ4v) is 2.36. The molecule has 0 saturated heterocycles. The Bertz CT molecular complexity index is 762. The maximum atomic E-state index is 11.8. The molecule has 2 aromatic rings. The first-order valence-corrected chi connectivity index (χ1v) is 7.80. The second-order valence-corrected chi connectivity index (χ2v) is 6.62. The van der Waals surface area contributed by atoms with Crippen LogP contribution in [0.2, 0.25) is 10.0 Å². The van der Waals surface area contributed by atoms with Gasteiger partial charge < -0.3 is 10.6 Å². The zero-order valence-electron chi connectivity index (χ0n) is 12.7. The zero-order chi connectivity index (χ0) is 16.5. The fraction of sp³-hybridized carbons (Fsp3) is 0.375. The Balaban J connectivity index is 2.18. The Morgan fingerprint density at radius 1 is 1.09 bits per heavy atom. The number of nitrogens with one attached hydrogen (secondary N) is 2. The molecule has 0 aromatic heterocycles. The van der Waals surface area contributed by atoms with Gasteiger partial charge in [0, 0.05) is 12.1 Å².